The van der Waals surface area contributed by atoms with Crippen molar-refractivity contribution in [1.82, 2.24) is 9.62 Å². The van der Waals surface area contributed by atoms with Crippen molar-refractivity contribution < 1.29 is 13.2 Å². The predicted octanol–water partition coefficient (Wildman–Crippen LogP) is 5.78. The van der Waals surface area contributed by atoms with Crippen LogP contribution >= 0.6 is 35.0 Å². The summed E-state index contributed by atoms with van der Waals surface area (Å²) >= 11 is 13.5. The number of nitrogens with zero attached hydrogens (tertiary/aromatic N) is 1. The van der Waals surface area contributed by atoms with Crippen LogP contribution in [0.15, 0.2) is 82.6 Å². The number of halogens is 2. The molecule has 174 valence electrons. The molecule has 0 bridgehead atoms. The highest BCUT2D eigenvalue weighted by Gasteiger charge is 2.27. The summed E-state index contributed by atoms with van der Waals surface area (Å²) in [5.41, 5.74) is 1.65. The Balaban J connectivity index is 1.81. The maximum atomic E-state index is 13.4. The average Bonchev–Trinajstić information content (AvgIpc) is 2.80. The lowest BCUT2D eigenvalue weighted by molar-refractivity contribution is -0.122. The van der Waals surface area contributed by atoms with Crippen molar-refractivity contribution in [2.45, 2.75) is 29.3 Å². The number of rotatable bonds is 9. The van der Waals surface area contributed by atoms with Crippen molar-refractivity contribution >= 4 is 50.9 Å². The number of benzene rings is 3. The minimum absolute atomic E-state index is 0.0202. The molecule has 0 aromatic heterocycles. The van der Waals surface area contributed by atoms with Crippen LogP contribution in [0.25, 0.3) is 0 Å². The average molecular weight is 524 g/mol. The monoisotopic (exact) mass is 522 g/mol. The van der Waals surface area contributed by atoms with Crippen LogP contribution < -0.4 is 5.32 Å². The van der Waals surface area contributed by atoms with Crippen LogP contribution in [0.5, 0.6) is 0 Å². The van der Waals surface area contributed by atoms with Crippen LogP contribution in [0.2, 0.25) is 10.0 Å². The molecule has 1 amide bonds. The quantitative estimate of drug-likeness (QED) is 0.361. The first-order chi connectivity index (χ1) is 15.7. The lowest BCUT2D eigenvalue weighted by Crippen LogP contribution is -2.41. The van der Waals surface area contributed by atoms with Gasteiger partial charge in [-0.15, -0.1) is 11.8 Å². The van der Waals surface area contributed by atoms with Gasteiger partial charge in [-0.1, -0.05) is 47.5 Å². The maximum Gasteiger partial charge on any atom is 0.243 e. The molecule has 1 N–H and O–H groups in total. The smallest absolute Gasteiger partial charge is 0.243 e. The van der Waals surface area contributed by atoms with Crippen molar-refractivity contribution in [3.8, 4) is 0 Å². The Bertz CT molecular complexity index is 1180. The van der Waals surface area contributed by atoms with E-state index in [1.54, 1.807) is 36.0 Å². The van der Waals surface area contributed by atoms with Crippen molar-refractivity contribution in [1.29, 1.82) is 0 Å². The summed E-state index contributed by atoms with van der Waals surface area (Å²) in [4.78, 5) is 14.1. The van der Waals surface area contributed by atoms with Gasteiger partial charge < -0.3 is 5.32 Å². The highest BCUT2D eigenvalue weighted by Crippen LogP contribution is 2.22. The summed E-state index contributed by atoms with van der Waals surface area (Å²) in [6.07, 6.45) is 2.00. The third kappa shape index (κ3) is 6.98. The van der Waals surface area contributed by atoms with E-state index in [-0.39, 0.29) is 24.0 Å². The normalized spacial score (nSPS) is 12.5. The van der Waals surface area contributed by atoms with Crippen LogP contribution in [0.3, 0.4) is 0 Å². The summed E-state index contributed by atoms with van der Waals surface area (Å²) in [6, 6.07) is 20.3. The zero-order valence-electron chi connectivity index (χ0n) is 18.2. The van der Waals surface area contributed by atoms with E-state index >= 15 is 0 Å². The molecule has 0 aliphatic rings. The topological polar surface area (TPSA) is 66.5 Å². The Labute approximate surface area is 209 Å². The van der Waals surface area contributed by atoms with Crippen LogP contribution in [0, 0.1) is 0 Å². The zero-order chi connectivity index (χ0) is 24.0. The molecule has 0 fully saturated rings. The van der Waals surface area contributed by atoms with Gasteiger partial charge in [0.2, 0.25) is 15.9 Å². The minimum Gasteiger partial charge on any atom is -0.348 e. The summed E-state index contributed by atoms with van der Waals surface area (Å²) < 4.78 is 27.9. The van der Waals surface area contributed by atoms with Gasteiger partial charge in [-0.05, 0) is 72.8 Å². The molecule has 0 aliphatic carbocycles. The molecule has 3 aromatic carbocycles. The van der Waals surface area contributed by atoms with Crippen molar-refractivity contribution in [2.24, 2.45) is 0 Å². The van der Waals surface area contributed by atoms with E-state index in [0.29, 0.717) is 15.6 Å². The first kappa shape index (κ1) is 25.6. The molecule has 3 rings (SSSR count). The first-order valence-electron chi connectivity index (χ1n) is 10.1. The Morgan fingerprint density at radius 3 is 2.03 bits per heavy atom. The fourth-order valence-electron chi connectivity index (χ4n) is 3.20. The number of amides is 1. The molecule has 5 nitrogen and oxygen atoms in total. The van der Waals surface area contributed by atoms with Gasteiger partial charge in [-0.2, -0.15) is 4.31 Å². The van der Waals surface area contributed by atoms with Gasteiger partial charge in [0.1, 0.15) is 0 Å². The molecule has 0 heterocycles. The molecule has 0 saturated carbocycles. The van der Waals surface area contributed by atoms with E-state index in [0.717, 1.165) is 14.8 Å². The van der Waals surface area contributed by atoms with Gasteiger partial charge in [-0.3, -0.25) is 4.79 Å². The molecule has 1 atom stereocenters. The fourth-order valence-corrected chi connectivity index (χ4v) is 5.24. The van der Waals surface area contributed by atoms with Crippen molar-refractivity contribution in [3.05, 3.63) is 94.0 Å². The second-order valence-electron chi connectivity index (χ2n) is 7.42. The number of carbonyl (C=O) groups excluding carboxylic acids is 1. The van der Waals surface area contributed by atoms with E-state index in [4.69, 9.17) is 23.2 Å². The third-order valence-electron chi connectivity index (χ3n) is 5.04. The number of hydrogen-bond donors (Lipinski definition) is 1. The molecule has 0 unspecified atom stereocenters. The molecule has 33 heavy (non-hydrogen) atoms. The van der Waals surface area contributed by atoms with E-state index in [9.17, 15) is 13.2 Å². The second-order valence-corrected chi connectivity index (χ2v) is 11.1. The van der Waals surface area contributed by atoms with Gasteiger partial charge in [0.25, 0.3) is 0 Å². The number of hydrogen-bond acceptors (Lipinski definition) is 4. The molecular weight excluding hydrogens is 499 g/mol. The molecule has 0 aliphatic heterocycles. The third-order valence-corrected chi connectivity index (χ3v) is 8.09. The van der Waals surface area contributed by atoms with Crippen molar-refractivity contribution in [2.75, 3.05) is 12.8 Å². The van der Waals surface area contributed by atoms with Crippen LogP contribution in [0.4, 0.5) is 0 Å². The van der Waals surface area contributed by atoms with Gasteiger partial charge in [0.15, 0.2) is 0 Å². The Hall–Kier alpha value is -2.03. The predicted molar refractivity (Wildman–Crippen MR) is 135 cm³/mol. The number of sulfonamides is 1. The molecule has 0 saturated heterocycles. The Morgan fingerprint density at radius 2 is 1.48 bits per heavy atom. The van der Waals surface area contributed by atoms with E-state index in [2.05, 4.69) is 5.32 Å². The van der Waals surface area contributed by atoms with Gasteiger partial charge in [0.05, 0.1) is 17.5 Å². The Kier molecular flexibility index (Phi) is 8.84. The van der Waals surface area contributed by atoms with Gasteiger partial charge >= 0.3 is 0 Å². The largest absolute Gasteiger partial charge is 0.348 e. The van der Waals surface area contributed by atoms with Gasteiger partial charge in [-0.25, -0.2) is 8.42 Å². The van der Waals surface area contributed by atoms with Crippen LogP contribution in [-0.4, -0.2) is 31.4 Å². The van der Waals surface area contributed by atoms with E-state index in [1.807, 2.05) is 37.4 Å². The number of thioether (sulfide) groups is 1. The number of nitrogens with one attached hydrogen (secondary N) is 1. The zero-order valence-corrected chi connectivity index (χ0v) is 21.3. The fraction of sp³-hybridized carbons (Fsp3) is 0.208. The summed E-state index contributed by atoms with van der Waals surface area (Å²) in [6.45, 7) is 1.55. The van der Waals surface area contributed by atoms with Crippen molar-refractivity contribution in [3.63, 3.8) is 0 Å². The SMILES string of the molecule is CSc1ccc([C@@H](C)NC(=O)CN(Cc2ccc(Cl)cc2)S(=O)(=O)c2ccc(Cl)cc2)cc1. The van der Waals surface area contributed by atoms with Gasteiger partial charge in [0, 0.05) is 21.5 Å². The Morgan fingerprint density at radius 1 is 0.939 bits per heavy atom. The molecule has 9 heteroatoms. The molecule has 0 spiro atoms. The highest BCUT2D eigenvalue weighted by atomic mass is 35.5. The maximum absolute atomic E-state index is 13.4. The lowest BCUT2D eigenvalue weighted by atomic mass is 10.1. The highest BCUT2D eigenvalue weighted by molar-refractivity contribution is 7.98. The van der Waals surface area contributed by atoms with Crippen LogP contribution in [-0.2, 0) is 21.4 Å². The lowest BCUT2D eigenvalue weighted by Gasteiger charge is -2.23. The summed E-state index contributed by atoms with van der Waals surface area (Å²) in [5.74, 6) is -0.400. The summed E-state index contributed by atoms with van der Waals surface area (Å²) in [7, 11) is -3.95. The molecular formula is C24H24Cl2N2O3S2. The molecule has 0 radical (unpaired) electrons. The first-order valence-corrected chi connectivity index (χ1v) is 13.5. The number of carbonyl (C=O) groups is 1. The standard InChI is InChI=1S/C24H24Cl2N2O3S2/c1-17(19-5-11-22(32-2)12-6-19)27-24(29)16-28(15-18-3-7-20(25)8-4-18)33(30,31)23-13-9-21(26)10-14-23/h3-14,17H,15-16H2,1-2H3,(H,27,29)/t17-/m1/s1. The van der Waals surface area contributed by atoms with Crippen LogP contribution in [0.1, 0.15) is 24.1 Å². The van der Waals surface area contributed by atoms with E-state index < -0.39 is 15.9 Å². The molecule has 3 aromatic rings. The second kappa shape index (κ2) is 11.4. The van der Waals surface area contributed by atoms with E-state index in [1.165, 1.54) is 24.3 Å². The minimum atomic E-state index is -3.95. The summed E-state index contributed by atoms with van der Waals surface area (Å²) in [5, 5.41) is 3.87.